The van der Waals surface area contributed by atoms with Gasteiger partial charge in [0.15, 0.2) is 5.82 Å². The van der Waals surface area contributed by atoms with Gasteiger partial charge in [-0.15, -0.1) is 0 Å². The number of piperazine rings is 1. The Hall–Kier alpha value is -3.73. The van der Waals surface area contributed by atoms with Crippen molar-refractivity contribution in [1.82, 2.24) is 25.1 Å². The van der Waals surface area contributed by atoms with Gasteiger partial charge in [0.2, 0.25) is 5.91 Å². The maximum absolute atomic E-state index is 13.4. The SMILES string of the molecule is CCOC(=O)N1CCN(C(=O)C(CC(=O)OC(C)(C)C)NC(=O)c2cc(Cl)nc(-c3ccccc3)n2)CC1. The van der Waals surface area contributed by atoms with Crippen LogP contribution in [0.5, 0.6) is 0 Å². The summed E-state index contributed by atoms with van der Waals surface area (Å²) in [5.41, 5.74) is -0.173. The average molecular weight is 546 g/mol. The van der Waals surface area contributed by atoms with E-state index in [0.29, 0.717) is 5.56 Å². The summed E-state index contributed by atoms with van der Waals surface area (Å²) >= 11 is 6.16. The highest BCUT2D eigenvalue weighted by atomic mass is 35.5. The fourth-order valence-electron chi connectivity index (χ4n) is 3.78. The second-order valence-electron chi connectivity index (χ2n) is 9.59. The molecule has 1 saturated heterocycles. The molecule has 0 spiro atoms. The molecular weight excluding hydrogens is 514 g/mol. The number of nitrogens with one attached hydrogen (secondary N) is 1. The summed E-state index contributed by atoms with van der Waals surface area (Å²) < 4.78 is 10.4. The Bertz CT molecular complexity index is 1160. The number of hydrogen-bond donors (Lipinski definition) is 1. The summed E-state index contributed by atoms with van der Waals surface area (Å²) in [5, 5.41) is 2.67. The highest BCUT2D eigenvalue weighted by Crippen LogP contribution is 2.18. The van der Waals surface area contributed by atoms with E-state index in [0.717, 1.165) is 0 Å². The van der Waals surface area contributed by atoms with E-state index >= 15 is 0 Å². The zero-order valence-electron chi connectivity index (χ0n) is 21.9. The van der Waals surface area contributed by atoms with E-state index in [1.54, 1.807) is 52.0 Å². The largest absolute Gasteiger partial charge is 0.460 e. The Morgan fingerprint density at radius 1 is 1.03 bits per heavy atom. The van der Waals surface area contributed by atoms with Crippen LogP contribution in [0.2, 0.25) is 5.15 Å². The number of nitrogens with zero attached hydrogens (tertiary/aromatic N) is 4. The van der Waals surface area contributed by atoms with Gasteiger partial charge in [0.25, 0.3) is 5.91 Å². The molecule has 1 aromatic carbocycles. The molecule has 1 unspecified atom stereocenters. The third-order valence-corrected chi connectivity index (χ3v) is 5.66. The molecule has 0 radical (unpaired) electrons. The first-order chi connectivity index (χ1) is 18.0. The molecular formula is C26H32ClN5O6. The third kappa shape index (κ3) is 8.14. The van der Waals surface area contributed by atoms with Crippen molar-refractivity contribution in [3.05, 3.63) is 47.2 Å². The van der Waals surface area contributed by atoms with Crippen LogP contribution in [0.15, 0.2) is 36.4 Å². The molecule has 1 N–H and O–H groups in total. The first-order valence-corrected chi connectivity index (χ1v) is 12.7. The van der Waals surface area contributed by atoms with Crippen LogP contribution < -0.4 is 5.32 Å². The number of carbonyl (C=O) groups is 4. The van der Waals surface area contributed by atoms with Crippen molar-refractivity contribution in [3.63, 3.8) is 0 Å². The molecule has 12 heteroatoms. The van der Waals surface area contributed by atoms with Crippen LogP contribution in [0.1, 0.15) is 44.6 Å². The lowest BCUT2D eigenvalue weighted by Crippen LogP contribution is -2.56. The maximum atomic E-state index is 13.4. The summed E-state index contributed by atoms with van der Waals surface area (Å²) in [6, 6.07) is 9.06. The Morgan fingerprint density at radius 2 is 1.66 bits per heavy atom. The van der Waals surface area contributed by atoms with Crippen LogP contribution in [0.25, 0.3) is 11.4 Å². The second-order valence-corrected chi connectivity index (χ2v) is 9.98. The number of ether oxygens (including phenoxy) is 2. The predicted octanol–water partition coefficient (Wildman–Crippen LogP) is 2.93. The molecule has 2 aromatic rings. The van der Waals surface area contributed by atoms with Gasteiger partial charge in [-0.05, 0) is 27.7 Å². The molecule has 1 fully saturated rings. The van der Waals surface area contributed by atoms with Crippen LogP contribution in [-0.2, 0) is 19.1 Å². The quantitative estimate of drug-likeness (QED) is 0.415. The molecule has 3 rings (SSSR count). The lowest BCUT2D eigenvalue weighted by molar-refractivity contribution is -0.157. The highest BCUT2D eigenvalue weighted by Gasteiger charge is 2.33. The fourth-order valence-corrected chi connectivity index (χ4v) is 3.96. The monoisotopic (exact) mass is 545 g/mol. The lowest BCUT2D eigenvalue weighted by atomic mass is 10.1. The van der Waals surface area contributed by atoms with Crippen LogP contribution in [0, 0.1) is 0 Å². The molecule has 1 aromatic heterocycles. The van der Waals surface area contributed by atoms with Crippen LogP contribution in [0.3, 0.4) is 0 Å². The van der Waals surface area contributed by atoms with Crippen molar-refractivity contribution in [2.75, 3.05) is 32.8 Å². The van der Waals surface area contributed by atoms with E-state index in [2.05, 4.69) is 15.3 Å². The topological polar surface area (TPSA) is 131 Å². The van der Waals surface area contributed by atoms with Gasteiger partial charge < -0.3 is 24.6 Å². The van der Waals surface area contributed by atoms with Gasteiger partial charge >= 0.3 is 12.1 Å². The normalized spacial score (nSPS) is 14.4. The maximum Gasteiger partial charge on any atom is 0.409 e. The minimum atomic E-state index is -1.22. The molecule has 1 atom stereocenters. The molecule has 2 heterocycles. The number of esters is 1. The summed E-state index contributed by atoms with van der Waals surface area (Å²) in [6.07, 6.45) is -0.835. The van der Waals surface area contributed by atoms with E-state index in [9.17, 15) is 19.2 Å². The number of carbonyl (C=O) groups excluding carboxylic acids is 4. The van der Waals surface area contributed by atoms with Crippen LogP contribution in [-0.4, -0.2) is 88.1 Å². The summed E-state index contributed by atoms with van der Waals surface area (Å²) in [5.74, 6) is -1.57. The van der Waals surface area contributed by atoms with Crippen molar-refractivity contribution < 1.29 is 28.7 Å². The van der Waals surface area contributed by atoms with E-state index in [1.165, 1.54) is 15.9 Å². The zero-order valence-corrected chi connectivity index (χ0v) is 22.7. The Kier molecular flexibility index (Phi) is 9.62. The van der Waals surface area contributed by atoms with E-state index in [4.69, 9.17) is 21.1 Å². The average Bonchev–Trinajstić information content (AvgIpc) is 2.87. The predicted molar refractivity (Wildman–Crippen MR) is 139 cm³/mol. The van der Waals surface area contributed by atoms with Crippen molar-refractivity contribution in [3.8, 4) is 11.4 Å². The number of halogens is 1. The van der Waals surface area contributed by atoms with Gasteiger partial charge in [0, 0.05) is 37.8 Å². The zero-order chi connectivity index (χ0) is 27.9. The van der Waals surface area contributed by atoms with E-state index in [1.807, 2.05) is 6.07 Å². The summed E-state index contributed by atoms with van der Waals surface area (Å²) in [4.78, 5) is 62.7. The van der Waals surface area contributed by atoms with E-state index in [-0.39, 0.29) is 55.9 Å². The Morgan fingerprint density at radius 3 is 2.26 bits per heavy atom. The smallest absolute Gasteiger partial charge is 0.409 e. The fraction of sp³-hybridized carbons (Fsp3) is 0.462. The molecule has 1 aliphatic heterocycles. The van der Waals surface area contributed by atoms with Crippen LogP contribution in [0.4, 0.5) is 4.79 Å². The number of hydrogen-bond acceptors (Lipinski definition) is 8. The Balaban J connectivity index is 1.78. The minimum Gasteiger partial charge on any atom is -0.460 e. The van der Waals surface area contributed by atoms with Crippen molar-refractivity contribution in [2.24, 2.45) is 0 Å². The molecule has 11 nitrogen and oxygen atoms in total. The summed E-state index contributed by atoms with van der Waals surface area (Å²) in [7, 11) is 0. The van der Waals surface area contributed by atoms with Crippen molar-refractivity contribution >= 4 is 35.5 Å². The molecule has 0 bridgehead atoms. The van der Waals surface area contributed by atoms with E-state index < -0.39 is 35.5 Å². The molecule has 1 aliphatic rings. The summed E-state index contributed by atoms with van der Waals surface area (Å²) in [6.45, 7) is 8.07. The number of rotatable bonds is 7. The first-order valence-electron chi connectivity index (χ1n) is 12.3. The van der Waals surface area contributed by atoms with Crippen molar-refractivity contribution in [2.45, 2.75) is 45.8 Å². The second kappa shape index (κ2) is 12.7. The van der Waals surface area contributed by atoms with Gasteiger partial charge in [-0.1, -0.05) is 41.9 Å². The molecule has 0 aliphatic carbocycles. The highest BCUT2D eigenvalue weighted by molar-refractivity contribution is 6.29. The van der Waals surface area contributed by atoms with Gasteiger partial charge in [-0.2, -0.15) is 0 Å². The first kappa shape index (κ1) is 28.8. The molecule has 204 valence electrons. The van der Waals surface area contributed by atoms with Crippen LogP contribution >= 0.6 is 11.6 Å². The van der Waals surface area contributed by atoms with Gasteiger partial charge in [-0.3, -0.25) is 14.4 Å². The Labute approximate surface area is 226 Å². The van der Waals surface area contributed by atoms with Gasteiger partial charge in [-0.25, -0.2) is 14.8 Å². The molecule has 0 saturated carbocycles. The number of benzene rings is 1. The van der Waals surface area contributed by atoms with Gasteiger partial charge in [0.1, 0.15) is 22.5 Å². The third-order valence-electron chi connectivity index (χ3n) is 5.47. The standard InChI is InChI=1S/C26H32ClN5O6/c1-5-37-25(36)32-13-11-31(12-14-32)24(35)19(16-21(33)38-26(2,3)4)29-23(34)18-15-20(27)30-22(28-18)17-9-7-6-8-10-17/h6-10,15,19H,5,11-14,16H2,1-4H3,(H,29,34). The lowest BCUT2D eigenvalue weighted by Gasteiger charge is -2.36. The minimum absolute atomic E-state index is 0.0501. The molecule has 38 heavy (non-hydrogen) atoms. The van der Waals surface area contributed by atoms with Gasteiger partial charge in [0.05, 0.1) is 13.0 Å². The van der Waals surface area contributed by atoms with Crippen molar-refractivity contribution in [1.29, 1.82) is 0 Å². The number of aromatic nitrogens is 2. The number of amides is 3. The molecule has 3 amide bonds.